The van der Waals surface area contributed by atoms with Gasteiger partial charge in [-0.25, -0.2) is 4.79 Å². The highest BCUT2D eigenvalue weighted by Gasteiger charge is 2.29. The molecular weight excluding hydrogens is 417 g/mol. The number of rotatable bonds is 4. The van der Waals surface area contributed by atoms with E-state index in [1.165, 1.54) is 30.4 Å². The van der Waals surface area contributed by atoms with Crippen LogP contribution in [0.2, 0.25) is 10.0 Å². The Morgan fingerprint density at radius 2 is 1.30 bits per heavy atom. The molecule has 0 atom stereocenters. The van der Waals surface area contributed by atoms with Crippen LogP contribution in [0.15, 0.2) is 48.5 Å². The predicted octanol–water partition coefficient (Wildman–Crippen LogP) is 5.74. The van der Waals surface area contributed by atoms with Gasteiger partial charge in [-0.1, -0.05) is 66.7 Å². The molecule has 6 heteroatoms. The summed E-state index contributed by atoms with van der Waals surface area (Å²) in [5.41, 5.74) is 2.39. The van der Waals surface area contributed by atoms with Crippen LogP contribution < -0.4 is 5.32 Å². The Labute approximate surface area is 189 Å². The summed E-state index contributed by atoms with van der Waals surface area (Å²) in [7, 11) is 0. The maximum Gasteiger partial charge on any atom is 0.317 e. The third-order valence-corrected chi connectivity index (χ3v) is 6.77. The molecule has 4 rings (SSSR count). The van der Waals surface area contributed by atoms with Crippen molar-refractivity contribution < 1.29 is 4.79 Å². The number of nitrogens with one attached hydrogen (secondary N) is 1. The van der Waals surface area contributed by atoms with E-state index in [1.807, 2.05) is 29.2 Å². The van der Waals surface area contributed by atoms with Gasteiger partial charge in [0, 0.05) is 42.3 Å². The number of piperazine rings is 1. The van der Waals surface area contributed by atoms with E-state index < -0.39 is 0 Å². The molecule has 0 spiro atoms. The summed E-state index contributed by atoms with van der Waals surface area (Å²) < 4.78 is 0. The second kappa shape index (κ2) is 10.0. The number of halogens is 2. The second-order valence-corrected chi connectivity index (χ2v) is 9.19. The quantitative estimate of drug-likeness (QED) is 0.650. The Kier molecular flexibility index (Phi) is 7.19. The van der Waals surface area contributed by atoms with Crippen LogP contribution in [0.4, 0.5) is 4.79 Å². The molecule has 160 valence electrons. The van der Waals surface area contributed by atoms with E-state index >= 15 is 0 Å². The molecule has 1 aliphatic heterocycles. The number of carbonyl (C=O) groups excluding carboxylic acids is 1. The molecule has 0 unspecified atom stereocenters. The van der Waals surface area contributed by atoms with Crippen LogP contribution in [0.5, 0.6) is 0 Å². The van der Waals surface area contributed by atoms with Gasteiger partial charge in [-0.05, 0) is 48.2 Å². The van der Waals surface area contributed by atoms with Gasteiger partial charge in [-0.15, -0.1) is 0 Å². The number of carbonyl (C=O) groups is 1. The molecule has 0 bridgehead atoms. The lowest BCUT2D eigenvalue weighted by molar-refractivity contribution is 0.118. The lowest BCUT2D eigenvalue weighted by Gasteiger charge is -2.40. The van der Waals surface area contributed by atoms with Crippen LogP contribution in [-0.4, -0.2) is 48.1 Å². The van der Waals surface area contributed by atoms with E-state index in [0.717, 1.165) is 49.1 Å². The molecule has 1 saturated heterocycles. The van der Waals surface area contributed by atoms with Crippen LogP contribution >= 0.6 is 23.2 Å². The Hall–Kier alpha value is -1.75. The van der Waals surface area contributed by atoms with Gasteiger partial charge < -0.3 is 10.2 Å². The molecule has 1 aliphatic carbocycles. The third kappa shape index (κ3) is 5.29. The molecule has 1 saturated carbocycles. The lowest BCUT2D eigenvalue weighted by atomic mass is 9.95. The first-order chi connectivity index (χ1) is 14.6. The fourth-order valence-corrected chi connectivity index (χ4v) is 4.85. The van der Waals surface area contributed by atoms with Crippen molar-refractivity contribution in [1.29, 1.82) is 0 Å². The number of amides is 2. The zero-order chi connectivity index (χ0) is 20.9. The summed E-state index contributed by atoms with van der Waals surface area (Å²) in [5, 5.41) is 4.72. The number of nitrogens with zero attached hydrogens (tertiary/aromatic N) is 2. The fraction of sp³-hybridized carbons (Fsp3) is 0.458. The van der Waals surface area contributed by atoms with Crippen molar-refractivity contribution in [3.05, 3.63) is 69.7 Å². The molecule has 2 aromatic rings. The van der Waals surface area contributed by atoms with Crippen LogP contribution in [0.1, 0.15) is 49.3 Å². The smallest absolute Gasteiger partial charge is 0.317 e. The van der Waals surface area contributed by atoms with E-state index in [0.29, 0.717) is 6.04 Å². The average Bonchev–Trinajstić information content (AvgIpc) is 2.78. The SMILES string of the molecule is O=C(NC1CCCCC1)N1CCN(C(c2ccc(Cl)cc2)c2ccc(Cl)cc2)CC1. The summed E-state index contributed by atoms with van der Waals surface area (Å²) in [6, 6.07) is 16.7. The zero-order valence-electron chi connectivity index (χ0n) is 17.2. The molecule has 2 aromatic carbocycles. The molecule has 30 heavy (non-hydrogen) atoms. The number of hydrogen-bond donors (Lipinski definition) is 1. The molecule has 1 heterocycles. The molecule has 2 fully saturated rings. The van der Waals surface area contributed by atoms with Crippen LogP contribution in [0.25, 0.3) is 0 Å². The van der Waals surface area contributed by atoms with Crippen molar-refractivity contribution in [1.82, 2.24) is 15.1 Å². The second-order valence-electron chi connectivity index (χ2n) is 8.31. The minimum absolute atomic E-state index is 0.0936. The standard InChI is InChI=1S/C24H29Cl2N3O/c25-20-10-6-18(7-11-20)23(19-8-12-21(26)13-9-19)28-14-16-29(17-15-28)24(30)27-22-4-2-1-3-5-22/h6-13,22-23H,1-5,14-17H2,(H,27,30). The lowest BCUT2D eigenvalue weighted by Crippen LogP contribution is -2.54. The minimum atomic E-state index is 0.0936. The molecule has 1 N–H and O–H groups in total. The number of benzene rings is 2. The molecule has 0 aromatic heterocycles. The Balaban J connectivity index is 1.44. The Morgan fingerprint density at radius 1 is 0.800 bits per heavy atom. The maximum atomic E-state index is 12.7. The summed E-state index contributed by atoms with van der Waals surface area (Å²) in [5.74, 6) is 0. The van der Waals surface area contributed by atoms with Gasteiger partial charge in [0.05, 0.1) is 6.04 Å². The van der Waals surface area contributed by atoms with Gasteiger partial charge in [-0.3, -0.25) is 4.90 Å². The number of urea groups is 1. The van der Waals surface area contributed by atoms with Gasteiger partial charge in [0.2, 0.25) is 0 Å². The molecule has 2 amide bonds. The van der Waals surface area contributed by atoms with Crippen molar-refractivity contribution in [3.8, 4) is 0 Å². The maximum absolute atomic E-state index is 12.7. The third-order valence-electron chi connectivity index (χ3n) is 6.27. The summed E-state index contributed by atoms with van der Waals surface area (Å²) >= 11 is 12.2. The van der Waals surface area contributed by atoms with E-state index in [9.17, 15) is 4.79 Å². The van der Waals surface area contributed by atoms with Crippen molar-refractivity contribution >= 4 is 29.2 Å². The molecule has 4 nitrogen and oxygen atoms in total. The zero-order valence-corrected chi connectivity index (χ0v) is 18.7. The van der Waals surface area contributed by atoms with E-state index in [1.54, 1.807) is 0 Å². The fourth-order valence-electron chi connectivity index (χ4n) is 4.60. The highest BCUT2D eigenvalue weighted by molar-refractivity contribution is 6.30. The summed E-state index contributed by atoms with van der Waals surface area (Å²) in [6.07, 6.45) is 5.97. The van der Waals surface area contributed by atoms with Crippen molar-refractivity contribution in [2.75, 3.05) is 26.2 Å². The first-order valence-electron chi connectivity index (χ1n) is 10.9. The van der Waals surface area contributed by atoms with Crippen molar-refractivity contribution in [2.45, 2.75) is 44.2 Å². The van der Waals surface area contributed by atoms with Gasteiger partial charge in [-0.2, -0.15) is 0 Å². The normalized spacial score (nSPS) is 18.6. The van der Waals surface area contributed by atoms with Gasteiger partial charge >= 0.3 is 6.03 Å². The first-order valence-corrected chi connectivity index (χ1v) is 11.7. The molecule has 2 aliphatic rings. The van der Waals surface area contributed by atoms with Crippen LogP contribution in [0.3, 0.4) is 0 Å². The molecule has 0 radical (unpaired) electrons. The average molecular weight is 446 g/mol. The summed E-state index contributed by atoms with van der Waals surface area (Å²) in [6.45, 7) is 3.12. The predicted molar refractivity (Wildman–Crippen MR) is 123 cm³/mol. The minimum Gasteiger partial charge on any atom is -0.335 e. The Bertz CT molecular complexity index is 781. The highest BCUT2D eigenvalue weighted by Crippen LogP contribution is 2.31. The van der Waals surface area contributed by atoms with Crippen molar-refractivity contribution in [2.24, 2.45) is 0 Å². The molecular formula is C24H29Cl2N3O. The van der Waals surface area contributed by atoms with Gasteiger partial charge in [0.25, 0.3) is 0 Å². The summed E-state index contributed by atoms with van der Waals surface area (Å²) in [4.78, 5) is 17.1. The van der Waals surface area contributed by atoms with Gasteiger partial charge in [0.1, 0.15) is 0 Å². The number of hydrogen-bond acceptors (Lipinski definition) is 2. The van der Waals surface area contributed by atoms with Gasteiger partial charge in [0.15, 0.2) is 0 Å². The topological polar surface area (TPSA) is 35.6 Å². The van der Waals surface area contributed by atoms with Crippen LogP contribution in [0, 0.1) is 0 Å². The van der Waals surface area contributed by atoms with E-state index in [-0.39, 0.29) is 12.1 Å². The Morgan fingerprint density at radius 3 is 1.80 bits per heavy atom. The largest absolute Gasteiger partial charge is 0.335 e. The van der Waals surface area contributed by atoms with E-state index in [2.05, 4.69) is 34.5 Å². The van der Waals surface area contributed by atoms with Crippen molar-refractivity contribution in [3.63, 3.8) is 0 Å². The monoisotopic (exact) mass is 445 g/mol. The van der Waals surface area contributed by atoms with Crippen LogP contribution in [-0.2, 0) is 0 Å². The highest BCUT2D eigenvalue weighted by atomic mass is 35.5. The first kappa shape index (κ1) is 21.5. The van der Waals surface area contributed by atoms with E-state index in [4.69, 9.17) is 23.2 Å².